The van der Waals surface area contributed by atoms with Gasteiger partial charge in [-0.15, -0.1) is 0 Å². The summed E-state index contributed by atoms with van der Waals surface area (Å²) in [7, 11) is 1.64. The highest BCUT2D eigenvalue weighted by atomic mass is 32.1. The van der Waals surface area contributed by atoms with Crippen molar-refractivity contribution >= 4 is 51.8 Å². The summed E-state index contributed by atoms with van der Waals surface area (Å²) in [5.74, 6) is 0.402. The molecule has 1 aromatic heterocycles. The van der Waals surface area contributed by atoms with Crippen molar-refractivity contribution in [3.05, 3.63) is 66.0 Å². The maximum absolute atomic E-state index is 13.2. The van der Waals surface area contributed by atoms with Crippen LogP contribution >= 0.6 is 12.2 Å². The zero-order chi connectivity index (χ0) is 24.8. The van der Waals surface area contributed by atoms with Gasteiger partial charge in [-0.1, -0.05) is 18.2 Å². The van der Waals surface area contributed by atoms with Gasteiger partial charge in [-0.05, 0) is 62.0 Å². The van der Waals surface area contributed by atoms with Crippen molar-refractivity contribution in [1.82, 2.24) is 15.2 Å². The summed E-state index contributed by atoms with van der Waals surface area (Å²) in [5.41, 5.74) is 2.76. The zero-order valence-corrected chi connectivity index (χ0v) is 20.6. The molecule has 1 saturated heterocycles. The molecule has 0 aliphatic carbocycles. The standard InChI is InChI=1S/C26H28N4O4S/c1-3-34-20-11-9-19(10-12-20)30-25(32)22(28-26(30)35)15-18-16-29(23-8-5-4-7-21(18)23)17-24(31)27-13-6-14-33-2/h4-5,7-12,15-16H,3,6,13-14,17H2,1-2H3,(H,27,31)(H,28,35)/b22-15-. The molecule has 0 saturated carbocycles. The number of fused-ring (bicyclic) bond motifs is 1. The molecular weight excluding hydrogens is 464 g/mol. The van der Waals surface area contributed by atoms with Crippen LogP contribution in [0.3, 0.4) is 0 Å². The van der Waals surface area contributed by atoms with Crippen LogP contribution < -0.4 is 20.3 Å². The van der Waals surface area contributed by atoms with Crippen LogP contribution in [0.5, 0.6) is 5.75 Å². The van der Waals surface area contributed by atoms with Gasteiger partial charge in [0.05, 0.1) is 12.3 Å². The van der Waals surface area contributed by atoms with E-state index in [4.69, 9.17) is 21.7 Å². The first-order valence-corrected chi connectivity index (χ1v) is 11.9. The fourth-order valence-corrected chi connectivity index (χ4v) is 4.26. The first kappa shape index (κ1) is 24.4. The molecule has 1 aliphatic heterocycles. The number of methoxy groups -OCH3 is 1. The third-order valence-electron chi connectivity index (χ3n) is 5.56. The second kappa shape index (κ2) is 11.2. The molecule has 2 N–H and O–H groups in total. The van der Waals surface area contributed by atoms with Gasteiger partial charge in [-0.2, -0.15) is 0 Å². The number of hydrogen-bond acceptors (Lipinski definition) is 5. The number of amides is 2. The number of ether oxygens (including phenoxy) is 2. The van der Waals surface area contributed by atoms with Crippen LogP contribution in [0.1, 0.15) is 18.9 Å². The molecule has 182 valence electrons. The molecule has 9 heteroatoms. The van der Waals surface area contributed by atoms with Gasteiger partial charge in [0.15, 0.2) is 5.11 Å². The summed E-state index contributed by atoms with van der Waals surface area (Å²) < 4.78 is 12.4. The highest BCUT2D eigenvalue weighted by Gasteiger charge is 2.32. The monoisotopic (exact) mass is 492 g/mol. The largest absolute Gasteiger partial charge is 0.494 e. The molecule has 2 aromatic carbocycles. The van der Waals surface area contributed by atoms with Crippen LogP contribution in [0.2, 0.25) is 0 Å². The summed E-state index contributed by atoms with van der Waals surface area (Å²) >= 11 is 5.45. The Labute approximate surface area is 209 Å². The number of rotatable bonds is 10. The minimum Gasteiger partial charge on any atom is -0.494 e. The second-order valence-electron chi connectivity index (χ2n) is 7.98. The molecule has 35 heavy (non-hydrogen) atoms. The number of nitrogens with one attached hydrogen (secondary N) is 2. The molecular formula is C26H28N4O4S. The second-order valence-corrected chi connectivity index (χ2v) is 8.37. The van der Waals surface area contributed by atoms with Crippen LogP contribution in [0.4, 0.5) is 5.69 Å². The molecule has 8 nitrogen and oxygen atoms in total. The number of anilines is 1. The van der Waals surface area contributed by atoms with E-state index >= 15 is 0 Å². The lowest BCUT2D eigenvalue weighted by Gasteiger charge is -2.14. The lowest BCUT2D eigenvalue weighted by Crippen LogP contribution is -2.30. The number of carbonyl (C=O) groups is 2. The summed E-state index contributed by atoms with van der Waals surface area (Å²) in [6, 6.07) is 15.0. The van der Waals surface area contributed by atoms with E-state index in [0.717, 1.165) is 28.6 Å². The molecule has 0 unspecified atom stereocenters. The van der Waals surface area contributed by atoms with E-state index < -0.39 is 0 Å². The quantitative estimate of drug-likeness (QED) is 0.256. The number of para-hydroxylation sites is 1. The highest BCUT2D eigenvalue weighted by molar-refractivity contribution is 7.80. The van der Waals surface area contributed by atoms with Crippen LogP contribution in [0, 0.1) is 0 Å². The highest BCUT2D eigenvalue weighted by Crippen LogP contribution is 2.27. The maximum atomic E-state index is 13.2. The van der Waals surface area contributed by atoms with E-state index in [1.54, 1.807) is 25.3 Å². The number of carbonyl (C=O) groups excluding carboxylic acids is 2. The zero-order valence-electron chi connectivity index (χ0n) is 19.7. The molecule has 0 bridgehead atoms. The predicted molar refractivity (Wildman–Crippen MR) is 140 cm³/mol. The van der Waals surface area contributed by atoms with Crippen LogP contribution in [0.15, 0.2) is 60.4 Å². The molecule has 3 aromatic rings. The summed E-state index contributed by atoms with van der Waals surface area (Å²) in [6.07, 6.45) is 4.41. The van der Waals surface area contributed by atoms with Crippen molar-refractivity contribution in [2.75, 3.05) is 31.8 Å². The Hall–Kier alpha value is -3.69. The Morgan fingerprint density at radius 2 is 1.94 bits per heavy atom. The molecule has 2 heterocycles. The lowest BCUT2D eigenvalue weighted by atomic mass is 10.1. The third-order valence-corrected chi connectivity index (χ3v) is 5.85. The van der Waals surface area contributed by atoms with Crippen molar-refractivity contribution < 1.29 is 19.1 Å². The van der Waals surface area contributed by atoms with Crippen LogP contribution in [-0.4, -0.2) is 48.4 Å². The predicted octanol–water partition coefficient (Wildman–Crippen LogP) is 3.45. The van der Waals surface area contributed by atoms with Gasteiger partial charge in [0.1, 0.15) is 18.0 Å². The number of thiocarbonyl (C=S) groups is 1. The number of nitrogens with zero attached hydrogens (tertiary/aromatic N) is 2. The van der Waals surface area contributed by atoms with Gasteiger partial charge in [-0.25, -0.2) is 0 Å². The molecule has 0 radical (unpaired) electrons. The van der Waals surface area contributed by atoms with Gasteiger partial charge in [0.2, 0.25) is 5.91 Å². The smallest absolute Gasteiger partial charge is 0.281 e. The average Bonchev–Trinajstić information content (AvgIpc) is 3.34. The summed E-state index contributed by atoms with van der Waals surface area (Å²) in [6.45, 7) is 3.81. The van der Waals surface area contributed by atoms with E-state index in [1.807, 2.05) is 54.1 Å². The summed E-state index contributed by atoms with van der Waals surface area (Å²) in [4.78, 5) is 27.1. The summed E-state index contributed by atoms with van der Waals surface area (Å²) in [5, 5.41) is 7.19. The third kappa shape index (κ3) is 5.52. The van der Waals surface area contributed by atoms with Crippen molar-refractivity contribution in [1.29, 1.82) is 0 Å². The van der Waals surface area contributed by atoms with Crippen molar-refractivity contribution in [3.63, 3.8) is 0 Å². The average molecular weight is 493 g/mol. The van der Waals surface area contributed by atoms with E-state index in [1.165, 1.54) is 4.90 Å². The van der Waals surface area contributed by atoms with Gasteiger partial charge >= 0.3 is 0 Å². The first-order valence-electron chi connectivity index (χ1n) is 11.4. The molecule has 1 aliphatic rings. The van der Waals surface area contributed by atoms with Crippen molar-refractivity contribution in [3.8, 4) is 5.75 Å². The Bertz CT molecular complexity index is 1270. The SMILES string of the molecule is CCOc1ccc(N2C(=O)/C(=C/c3cn(CC(=O)NCCCOC)c4ccccc34)NC2=S)cc1. The number of benzene rings is 2. The minimum absolute atomic E-state index is 0.0843. The Morgan fingerprint density at radius 1 is 1.17 bits per heavy atom. The first-order chi connectivity index (χ1) is 17.0. The van der Waals surface area contributed by atoms with Crippen molar-refractivity contribution in [2.45, 2.75) is 19.9 Å². The Morgan fingerprint density at radius 3 is 2.69 bits per heavy atom. The van der Waals surface area contributed by atoms with E-state index in [2.05, 4.69) is 10.6 Å². The molecule has 4 rings (SSSR count). The number of hydrogen-bond donors (Lipinski definition) is 2. The van der Waals surface area contributed by atoms with Gasteiger partial charge in [0.25, 0.3) is 5.91 Å². The lowest BCUT2D eigenvalue weighted by molar-refractivity contribution is -0.121. The van der Waals surface area contributed by atoms with Gasteiger partial charge < -0.3 is 24.7 Å². The maximum Gasteiger partial charge on any atom is 0.281 e. The van der Waals surface area contributed by atoms with Crippen molar-refractivity contribution in [2.24, 2.45) is 0 Å². The number of aromatic nitrogens is 1. The van der Waals surface area contributed by atoms with E-state index in [0.29, 0.717) is 36.3 Å². The molecule has 0 atom stereocenters. The molecule has 1 fully saturated rings. The minimum atomic E-state index is -0.244. The Balaban J connectivity index is 1.56. The van der Waals surface area contributed by atoms with Crippen LogP contribution in [-0.2, 0) is 20.9 Å². The Kier molecular flexibility index (Phi) is 7.79. The molecule has 0 spiro atoms. The fraction of sp³-hybridized carbons (Fsp3) is 0.269. The van der Waals surface area contributed by atoms with E-state index in [9.17, 15) is 9.59 Å². The topological polar surface area (TPSA) is 84.8 Å². The normalized spacial score (nSPS) is 14.6. The molecule has 2 amide bonds. The van der Waals surface area contributed by atoms with Gasteiger partial charge in [-0.3, -0.25) is 14.5 Å². The van der Waals surface area contributed by atoms with E-state index in [-0.39, 0.29) is 18.4 Å². The fourth-order valence-electron chi connectivity index (χ4n) is 3.96. The van der Waals surface area contributed by atoms with Crippen LogP contribution in [0.25, 0.3) is 17.0 Å². The van der Waals surface area contributed by atoms with Gasteiger partial charge in [0, 0.05) is 42.9 Å².